The molecular formula is C28H44N2O2Si. The minimum absolute atomic E-state index is 0.752. The van der Waals surface area contributed by atoms with Crippen molar-refractivity contribution in [1.29, 1.82) is 0 Å². The normalized spacial score (nSPS) is 12.8. The van der Waals surface area contributed by atoms with Crippen molar-refractivity contribution in [1.82, 2.24) is 9.97 Å². The monoisotopic (exact) mass is 468 g/mol. The van der Waals surface area contributed by atoms with Crippen LogP contribution in [-0.2, 0) is 12.8 Å². The van der Waals surface area contributed by atoms with Crippen molar-refractivity contribution in [2.75, 3.05) is 13.2 Å². The maximum atomic E-state index is 6.02. The number of hydrogen-bond donors (Lipinski definition) is 0. The summed E-state index contributed by atoms with van der Waals surface area (Å²) in [5.41, 5.74) is 4.63. The minimum Gasteiger partial charge on any atom is -0.478 e. The number of hydrogen-bond acceptors (Lipinski definition) is 4. The molecule has 0 saturated carbocycles. The van der Waals surface area contributed by atoms with Gasteiger partial charge in [-0.25, -0.2) is 9.97 Å². The average Bonchev–Trinajstić information content (AvgIpc) is 2.82. The summed E-state index contributed by atoms with van der Waals surface area (Å²) in [7, 11) is -1.01. The Morgan fingerprint density at radius 3 is 1.73 bits per heavy atom. The van der Waals surface area contributed by atoms with Crippen molar-refractivity contribution in [2.45, 2.75) is 103 Å². The Morgan fingerprint density at radius 1 is 0.667 bits per heavy atom. The molecule has 2 aromatic heterocycles. The van der Waals surface area contributed by atoms with Crippen molar-refractivity contribution in [3.8, 4) is 22.9 Å². The molecule has 0 N–H and O–H groups in total. The van der Waals surface area contributed by atoms with Crippen molar-refractivity contribution in [3.05, 3.63) is 35.7 Å². The highest BCUT2D eigenvalue weighted by atomic mass is 28.3. The summed E-state index contributed by atoms with van der Waals surface area (Å²) in [4.78, 5) is 9.61. The molecule has 4 nitrogen and oxygen atoms in total. The highest BCUT2D eigenvalue weighted by Crippen LogP contribution is 2.34. The zero-order chi connectivity index (χ0) is 23.5. The smallest absolute Gasteiger partial charge is 0.213 e. The molecule has 3 rings (SSSR count). The van der Waals surface area contributed by atoms with Crippen LogP contribution in [0.25, 0.3) is 11.1 Å². The van der Waals surface area contributed by atoms with Gasteiger partial charge in [0.05, 0.1) is 24.6 Å². The van der Waals surface area contributed by atoms with E-state index in [2.05, 4.69) is 39.1 Å². The van der Waals surface area contributed by atoms with Crippen molar-refractivity contribution in [2.24, 2.45) is 0 Å². The molecule has 0 atom stereocenters. The SMILES string of the molecule is CCCCCCOc1ccc2c(n1)CCc1nc(OCCCC[Si](C)(C)CCCC)ccc1-2. The lowest BCUT2D eigenvalue weighted by Crippen LogP contribution is -2.24. The second-order valence-electron chi connectivity index (χ2n) is 10.3. The van der Waals surface area contributed by atoms with Crippen LogP contribution in [0.15, 0.2) is 24.3 Å². The summed E-state index contributed by atoms with van der Waals surface area (Å²) in [6.07, 6.45) is 11.8. The Labute approximate surface area is 202 Å². The standard InChI is InChI=1S/C28H44N2O2Si/c1-5-7-9-10-19-31-27-17-13-23-24-14-18-28(30-26(24)16-15-25(23)29-27)32-20-11-12-22-33(3,4)21-8-6-2/h13-14,17-18H,5-12,15-16,19-22H2,1-4H3. The van der Waals surface area contributed by atoms with Gasteiger partial charge < -0.3 is 9.47 Å². The fraction of sp³-hybridized carbons (Fsp3) is 0.643. The molecule has 0 saturated heterocycles. The van der Waals surface area contributed by atoms with Gasteiger partial charge >= 0.3 is 0 Å². The average molecular weight is 469 g/mol. The molecule has 1 aliphatic rings. The van der Waals surface area contributed by atoms with E-state index in [9.17, 15) is 0 Å². The lowest BCUT2D eigenvalue weighted by atomic mass is 9.92. The molecule has 182 valence electrons. The summed E-state index contributed by atoms with van der Waals surface area (Å²) >= 11 is 0. The van der Waals surface area contributed by atoms with E-state index >= 15 is 0 Å². The number of fused-ring (bicyclic) bond motifs is 3. The first-order chi connectivity index (χ1) is 16.0. The lowest BCUT2D eigenvalue weighted by Gasteiger charge is -2.22. The van der Waals surface area contributed by atoms with Gasteiger partial charge in [0.15, 0.2) is 0 Å². The van der Waals surface area contributed by atoms with Crippen molar-refractivity contribution < 1.29 is 9.47 Å². The summed E-state index contributed by atoms with van der Waals surface area (Å²) in [5.74, 6) is 1.52. The largest absolute Gasteiger partial charge is 0.478 e. The number of nitrogens with zero attached hydrogens (tertiary/aromatic N) is 2. The molecular weight excluding hydrogens is 424 g/mol. The summed E-state index contributed by atoms with van der Waals surface area (Å²) < 4.78 is 11.9. The maximum absolute atomic E-state index is 6.02. The summed E-state index contributed by atoms with van der Waals surface area (Å²) in [5, 5.41) is 0. The fourth-order valence-electron chi connectivity index (χ4n) is 4.60. The van der Waals surface area contributed by atoms with Gasteiger partial charge in [-0.3, -0.25) is 0 Å². The topological polar surface area (TPSA) is 44.2 Å². The highest BCUT2D eigenvalue weighted by molar-refractivity contribution is 6.77. The molecule has 0 bridgehead atoms. The molecule has 0 radical (unpaired) electrons. The quantitative estimate of drug-likeness (QED) is 0.197. The zero-order valence-corrected chi connectivity index (χ0v) is 22.4. The Morgan fingerprint density at radius 2 is 1.18 bits per heavy atom. The van der Waals surface area contributed by atoms with Crippen LogP contribution >= 0.6 is 0 Å². The van der Waals surface area contributed by atoms with E-state index in [1.807, 2.05) is 12.1 Å². The fourth-order valence-corrected chi connectivity index (χ4v) is 7.37. The summed E-state index contributed by atoms with van der Waals surface area (Å²) in [6, 6.07) is 11.2. The van der Waals surface area contributed by atoms with Crippen LogP contribution in [0.5, 0.6) is 11.8 Å². The van der Waals surface area contributed by atoms with E-state index in [0.717, 1.165) is 62.0 Å². The first kappa shape index (κ1) is 25.7. The molecule has 0 spiro atoms. The number of pyridine rings is 2. The van der Waals surface area contributed by atoms with E-state index in [1.165, 1.54) is 61.7 Å². The highest BCUT2D eigenvalue weighted by Gasteiger charge is 2.20. The molecule has 1 aliphatic carbocycles. The summed E-state index contributed by atoms with van der Waals surface area (Å²) in [6.45, 7) is 11.1. The number of rotatable bonds is 15. The zero-order valence-electron chi connectivity index (χ0n) is 21.4. The first-order valence-electron chi connectivity index (χ1n) is 13.3. The molecule has 2 heterocycles. The van der Waals surface area contributed by atoms with E-state index in [0.29, 0.717) is 0 Å². The Balaban J connectivity index is 1.48. The van der Waals surface area contributed by atoms with Gasteiger partial charge in [-0.1, -0.05) is 77.6 Å². The number of aromatic nitrogens is 2. The van der Waals surface area contributed by atoms with Crippen LogP contribution in [0, 0.1) is 0 Å². The van der Waals surface area contributed by atoms with Gasteiger partial charge in [0.25, 0.3) is 0 Å². The van der Waals surface area contributed by atoms with Crippen molar-refractivity contribution >= 4 is 8.07 Å². The van der Waals surface area contributed by atoms with Gasteiger partial charge in [-0.2, -0.15) is 0 Å². The van der Waals surface area contributed by atoms with Crippen LogP contribution in [-0.4, -0.2) is 31.3 Å². The van der Waals surface area contributed by atoms with E-state index in [1.54, 1.807) is 0 Å². The third-order valence-electron chi connectivity index (χ3n) is 6.74. The van der Waals surface area contributed by atoms with Gasteiger partial charge in [-0.05, 0) is 37.8 Å². The third-order valence-corrected chi connectivity index (χ3v) is 10.2. The van der Waals surface area contributed by atoms with Gasteiger partial charge in [0.1, 0.15) is 0 Å². The number of unbranched alkanes of at least 4 members (excludes halogenated alkanes) is 5. The molecule has 0 fully saturated rings. The predicted molar refractivity (Wildman–Crippen MR) is 141 cm³/mol. The number of ether oxygens (including phenoxy) is 2. The molecule has 0 amide bonds. The van der Waals surface area contributed by atoms with E-state index < -0.39 is 8.07 Å². The molecule has 5 heteroatoms. The van der Waals surface area contributed by atoms with Crippen LogP contribution in [0.4, 0.5) is 0 Å². The van der Waals surface area contributed by atoms with Gasteiger partial charge in [0, 0.05) is 31.3 Å². The van der Waals surface area contributed by atoms with Gasteiger partial charge in [0.2, 0.25) is 11.8 Å². The van der Waals surface area contributed by atoms with Crippen molar-refractivity contribution in [3.63, 3.8) is 0 Å². The second kappa shape index (κ2) is 13.1. The Hall–Kier alpha value is -1.88. The Kier molecular flexibility index (Phi) is 10.2. The second-order valence-corrected chi connectivity index (χ2v) is 15.6. The third kappa shape index (κ3) is 8.13. The molecule has 0 unspecified atom stereocenters. The van der Waals surface area contributed by atoms with Crippen LogP contribution < -0.4 is 9.47 Å². The van der Waals surface area contributed by atoms with Crippen LogP contribution in [0.3, 0.4) is 0 Å². The minimum atomic E-state index is -1.01. The van der Waals surface area contributed by atoms with E-state index in [4.69, 9.17) is 19.4 Å². The van der Waals surface area contributed by atoms with Gasteiger partial charge in [-0.15, -0.1) is 0 Å². The molecule has 0 aromatic carbocycles. The lowest BCUT2D eigenvalue weighted by molar-refractivity contribution is 0.293. The first-order valence-corrected chi connectivity index (χ1v) is 16.7. The van der Waals surface area contributed by atoms with Crippen LogP contribution in [0.2, 0.25) is 25.2 Å². The molecule has 2 aromatic rings. The maximum Gasteiger partial charge on any atom is 0.213 e. The predicted octanol–water partition coefficient (Wildman–Crippen LogP) is 7.87. The van der Waals surface area contributed by atoms with Crippen LogP contribution in [0.1, 0.15) is 76.6 Å². The van der Waals surface area contributed by atoms with E-state index in [-0.39, 0.29) is 0 Å². The Bertz CT molecular complexity index is 869. The number of aryl methyl sites for hydroxylation is 2. The molecule has 33 heavy (non-hydrogen) atoms. The molecule has 0 aliphatic heterocycles.